The third-order valence-electron chi connectivity index (χ3n) is 1.23. The van der Waals surface area contributed by atoms with E-state index in [1.54, 1.807) is 0 Å². The van der Waals surface area contributed by atoms with Gasteiger partial charge in [0.15, 0.2) is 0 Å². The Morgan fingerprint density at radius 1 is 1.50 bits per heavy atom. The summed E-state index contributed by atoms with van der Waals surface area (Å²) in [6.07, 6.45) is -2.11. The molecule has 0 saturated carbocycles. The molecule has 9 nitrogen and oxygen atoms in total. The van der Waals surface area contributed by atoms with Crippen LogP contribution in [0.5, 0.6) is 0 Å². The van der Waals surface area contributed by atoms with E-state index in [-0.39, 0.29) is 0 Å². The van der Waals surface area contributed by atoms with Crippen LogP contribution >= 0.6 is 0 Å². The molecule has 9 heteroatoms. The van der Waals surface area contributed by atoms with Gasteiger partial charge in [0.1, 0.15) is 12.0 Å². The molecule has 0 saturated heterocycles. The molecule has 80 valence electrons. The molecule has 0 radical (unpaired) electrons. The monoisotopic (exact) mass is 206 g/mol. The molecule has 14 heavy (non-hydrogen) atoms. The number of nitro groups is 1. The maximum absolute atomic E-state index is 11.1. The van der Waals surface area contributed by atoms with Crippen molar-refractivity contribution in [2.24, 2.45) is 5.28 Å². The first-order valence-corrected chi connectivity index (χ1v) is 3.47. The van der Waals surface area contributed by atoms with Gasteiger partial charge >= 0.3 is 12.1 Å². The molecular weight excluding hydrogens is 196 g/mol. The predicted molar refractivity (Wildman–Crippen MR) is 42.5 cm³/mol. The fourth-order valence-electron chi connectivity index (χ4n) is 0.621. The van der Waals surface area contributed by atoms with Crippen molar-refractivity contribution in [1.29, 1.82) is 0 Å². The van der Waals surface area contributed by atoms with E-state index in [1.807, 2.05) is 0 Å². The van der Waals surface area contributed by atoms with Crippen molar-refractivity contribution in [3.8, 4) is 0 Å². The summed E-state index contributed by atoms with van der Waals surface area (Å²) in [7, 11) is 3.63. The minimum absolute atomic E-state index is 0.400. The Morgan fingerprint density at radius 3 is 2.29 bits per heavy atom. The van der Waals surface area contributed by atoms with Gasteiger partial charge in [-0.2, -0.15) is 0 Å². The summed E-state index contributed by atoms with van der Waals surface area (Å²) in [5, 5.41) is 24.0. The molecule has 1 amide bonds. The van der Waals surface area contributed by atoms with E-state index in [0.717, 1.165) is 12.0 Å². The van der Waals surface area contributed by atoms with Crippen LogP contribution in [0, 0.1) is 15.3 Å². The van der Waals surface area contributed by atoms with Crippen molar-refractivity contribution >= 4 is 5.91 Å². The normalized spacial score (nSPS) is 13.2. The van der Waals surface area contributed by atoms with Crippen molar-refractivity contribution in [3.05, 3.63) is 15.3 Å². The molecule has 0 spiro atoms. The van der Waals surface area contributed by atoms with Crippen LogP contribution in [0.25, 0.3) is 0 Å². The summed E-state index contributed by atoms with van der Waals surface area (Å²) in [4.78, 5) is 25.0. The third kappa shape index (κ3) is 2.84. The predicted octanol–water partition coefficient (Wildman–Crippen LogP) is -0.799. The second-order valence-corrected chi connectivity index (χ2v) is 2.46. The lowest BCUT2D eigenvalue weighted by Gasteiger charge is -2.10. The van der Waals surface area contributed by atoms with Crippen molar-refractivity contribution in [2.75, 3.05) is 21.2 Å². The Bertz CT molecular complexity index is 263. The second kappa shape index (κ2) is 4.94. The van der Waals surface area contributed by atoms with E-state index in [9.17, 15) is 20.1 Å². The van der Waals surface area contributed by atoms with Gasteiger partial charge in [-0.15, -0.1) is 0 Å². The molecule has 0 N–H and O–H groups in total. The number of carbonyl (C=O) groups excluding carboxylic acids is 1. The summed E-state index contributed by atoms with van der Waals surface area (Å²) in [6.45, 7) is 0. The van der Waals surface area contributed by atoms with E-state index >= 15 is 0 Å². The minimum Gasteiger partial charge on any atom is -0.592 e. The Kier molecular flexibility index (Phi) is 4.26. The number of carbonyl (C=O) groups is 1. The topological polar surface area (TPSA) is 111 Å². The van der Waals surface area contributed by atoms with Crippen molar-refractivity contribution in [2.45, 2.75) is 6.17 Å². The highest BCUT2D eigenvalue weighted by molar-refractivity contribution is 5.78. The fourth-order valence-corrected chi connectivity index (χ4v) is 0.621. The summed E-state index contributed by atoms with van der Waals surface area (Å²) >= 11 is 0. The summed E-state index contributed by atoms with van der Waals surface area (Å²) in [5.74, 6) is -0.981. The highest BCUT2D eigenvalue weighted by Gasteiger charge is 2.41. The van der Waals surface area contributed by atoms with Crippen LogP contribution in [0.4, 0.5) is 0 Å². The molecule has 0 aliphatic carbocycles. The zero-order valence-corrected chi connectivity index (χ0v) is 7.91. The molecule has 0 aliphatic heterocycles. The van der Waals surface area contributed by atoms with Crippen LogP contribution in [0.3, 0.4) is 0 Å². The number of hydrogen-bond acceptors (Lipinski definition) is 6. The van der Waals surface area contributed by atoms with Crippen molar-refractivity contribution < 1.29 is 19.4 Å². The lowest BCUT2D eigenvalue weighted by Crippen LogP contribution is -2.44. The van der Waals surface area contributed by atoms with Gasteiger partial charge in [-0.25, -0.2) is 0 Å². The third-order valence-corrected chi connectivity index (χ3v) is 1.23. The number of nitrogens with zero attached hydrogens (tertiary/aromatic N) is 4. The van der Waals surface area contributed by atoms with Crippen LogP contribution in [-0.2, 0) is 9.63 Å². The Morgan fingerprint density at radius 2 is 2.00 bits per heavy atom. The smallest absolute Gasteiger partial charge is 0.511 e. The van der Waals surface area contributed by atoms with Gasteiger partial charge in [-0.1, -0.05) is 0 Å². The van der Waals surface area contributed by atoms with Crippen LogP contribution < -0.4 is 0 Å². The number of amides is 1. The molecule has 0 bridgehead atoms. The highest BCUT2D eigenvalue weighted by atomic mass is 16.7. The lowest BCUT2D eigenvalue weighted by atomic mass is 10.4. The summed E-state index contributed by atoms with van der Waals surface area (Å²) in [5.41, 5.74) is 0. The first-order valence-electron chi connectivity index (χ1n) is 3.47. The quantitative estimate of drug-likeness (QED) is 0.196. The van der Waals surface area contributed by atoms with E-state index in [0.29, 0.717) is 0 Å². The summed E-state index contributed by atoms with van der Waals surface area (Å²) in [6, 6.07) is 0. The van der Waals surface area contributed by atoms with Crippen molar-refractivity contribution in [1.82, 2.24) is 4.90 Å². The molecule has 0 aliphatic rings. The van der Waals surface area contributed by atoms with Crippen LogP contribution in [0.2, 0.25) is 0 Å². The molecule has 0 heterocycles. The summed E-state index contributed by atoms with van der Waals surface area (Å²) < 4.78 is 0. The lowest BCUT2D eigenvalue weighted by molar-refractivity contribution is -0.754. The second-order valence-electron chi connectivity index (χ2n) is 2.46. The maximum atomic E-state index is 11.1. The Hall–Kier alpha value is -1.93. The number of likely N-dealkylation sites (N-methyl/N-ethyl adjacent to an activating group) is 1. The Balaban J connectivity index is 4.87. The first kappa shape index (κ1) is 12.1. The average Bonchev–Trinajstić information content (AvgIpc) is 2.03. The molecule has 0 aromatic heterocycles. The molecule has 0 aromatic carbocycles. The van der Waals surface area contributed by atoms with E-state index < -0.39 is 21.9 Å². The maximum Gasteiger partial charge on any atom is 0.511 e. The SMILES string of the molecule is CO/N=[N+](\[O-])C(C(=O)N(C)C)[N+](=O)[O-]. The zero-order valence-electron chi connectivity index (χ0n) is 7.91. The minimum atomic E-state index is -2.11. The zero-order chi connectivity index (χ0) is 11.3. The molecule has 1 atom stereocenters. The Labute approximate surface area is 79.2 Å². The van der Waals surface area contributed by atoms with Crippen molar-refractivity contribution in [3.63, 3.8) is 0 Å². The van der Waals surface area contributed by atoms with Crippen LogP contribution in [0.1, 0.15) is 0 Å². The molecule has 0 rings (SSSR count). The van der Waals surface area contributed by atoms with Gasteiger partial charge in [0.25, 0.3) is 0 Å². The van der Waals surface area contributed by atoms with Gasteiger partial charge in [0, 0.05) is 19.0 Å². The van der Waals surface area contributed by atoms with Gasteiger partial charge in [-0.05, 0) is 0 Å². The van der Waals surface area contributed by atoms with E-state index in [2.05, 4.69) is 10.1 Å². The standard InChI is InChI=1S/C5H10N4O5/c1-7(2)5(10)4(9(12)13)8(11)6-14-3/h4H,1-3H3/b8-6-. The number of hydroxylamine groups is 1. The van der Waals surface area contributed by atoms with E-state index in [1.165, 1.54) is 14.1 Å². The highest BCUT2D eigenvalue weighted by Crippen LogP contribution is 1.98. The number of rotatable bonds is 4. The van der Waals surface area contributed by atoms with Gasteiger partial charge < -0.3 is 14.9 Å². The fraction of sp³-hybridized carbons (Fsp3) is 0.800. The molecule has 0 fully saturated rings. The first-order chi connectivity index (χ1) is 6.41. The van der Waals surface area contributed by atoms with E-state index in [4.69, 9.17) is 0 Å². The van der Waals surface area contributed by atoms with Crippen LogP contribution in [0.15, 0.2) is 5.28 Å². The average molecular weight is 206 g/mol. The van der Waals surface area contributed by atoms with Crippen LogP contribution in [-0.4, -0.2) is 48.0 Å². The number of hydrogen-bond donors (Lipinski definition) is 0. The molecular formula is C5H10N4O5. The molecule has 0 aromatic rings. The van der Waals surface area contributed by atoms with Gasteiger partial charge in [0.05, 0.1) is 0 Å². The van der Waals surface area contributed by atoms with Gasteiger partial charge in [0.2, 0.25) is 5.28 Å². The van der Waals surface area contributed by atoms with Gasteiger partial charge in [-0.3, -0.25) is 14.9 Å². The molecule has 1 unspecified atom stereocenters. The largest absolute Gasteiger partial charge is 0.592 e.